The van der Waals surface area contributed by atoms with Crippen LogP contribution in [0.2, 0.25) is 0 Å². The van der Waals surface area contributed by atoms with Crippen molar-refractivity contribution >= 4 is 12.1 Å². The lowest BCUT2D eigenvalue weighted by molar-refractivity contribution is -0.149. The summed E-state index contributed by atoms with van der Waals surface area (Å²) in [6, 6.07) is 9.34. The maximum atomic E-state index is 12.4. The summed E-state index contributed by atoms with van der Waals surface area (Å²) in [5.41, 5.74) is 0.354. The number of amides is 1. The van der Waals surface area contributed by atoms with E-state index in [1.54, 1.807) is 12.0 Å². The molecule has 6 nitrogen and oxygen atoms in total. The molecule has 1 amide bonds. The average Bonchev–Trinajstić information content (AvgIpc) is 2.97. The van der Waals surface area contributed by atoms with Gasteiger partial charge in [-0.05, 0) is 32.8 Å². The van der Waals surface area contributed by atoms with Crippen molar-refractivity contribution in [1.29, 1.82) is 0 Å². The number of hydrogen-bond acceptors (Lipinski definition) is 5. The number of carbonyl (C=O) groups is 2. The first-order valence-electron chi connectivity index (χ1n) is 8.49. The van der Waals surface area contributed by atoms with Gasteiger partial charge in [0.1, 0.15) is 12.2 Å². The fraction of sp³-hybridized carbons (Fsp3) is 0.579. The largest absolute Gasteiger partial charge is 0.461 e. The minimum absolute atomic E-state index is 0.186. The second kappa shape index (κ2) is 8.34. The predicted molar refractivity (Wildman–Crippen MR) is 92.9 cm³/mol. The molecule has 2 rings (SSSR count). The Balaban J connectivity index is 1.95. The summed E-state index contributed by atoms with van der Waals surface area (Å²) in [5, 5.41) is 0. The molecule has 1 aliphatic rings. The van der Waals surface area contributed by atoms with Crippen LogP contribution in [-0.2, 0) is 25.6 Å². The first-order valence-corrected chi connectivity index (χ1v) is 8.49. The number of esters is 1. The van der Waals surface area contributed by atoms with Gasteiger partial charge in [0.15, 0.2) is 0 Å². The van der Waals surface area contributed by atoms with Crippen LogP contribution < -0.4 is 0 Å². The summed E-state index contributed by atoms with van der Waals surface area (Å²) in [6.07, 6.45) is 0.0914. The molecule has 1 aromatic rings. The molecule has 6 heteroatoms. The molecular weight excluding hydrogens is 322 g/mol. The molecule has 0 spiro atoms. The molecule has 1 aromatic carbocycles. The maximum Gasteiger partial charge on any atom is 0.410 e. The van der Waals surface area contributed by atoms with E-state index in [0.717, 1.165) is 5.56 Å². The molecule has 138 valence electrons. The smallest absolute Gasteiger partial charge is 0.410 e. The first kappa shape index (κ1) is 19.2. The van der Waals surface area contributed by atoms with Gasteiger partial charge in [-0.25, -0.2) is 4.79 Å². The molecule has 0 saturated carbocycles. The zero-order chi connectivity index (χ0) is 18.4. The highest BCUT2D eigenvalue weighted by molar-refractivity contribution is 5.76. The van der Waals surface area contributed by atoms with Crippen LogP contribution in [0.4, 0.5) is 4.79 Å². The number of carbonyl (C=O) groups excluding carboxylic acids is 2. The standard InChI is InChI=1S/C19H27NO5/c1-19(2,3)25-18(22)20-11-15(10-16(20)13-23-4)17(21)24-12-14-8-6-5-7-9-14/h5-9,15-16H,10-13H2,1-4H3/t15-,16-/m1/s1. The van der Waals surface area contributed by atoms with Gasteiger partial charge in [0.05, 0.1) is 18.6 Å². The monoisotopic (exact) mass is 349 g/mol. The van der Waals surface area contributed by atoms with E-state index in [0.29, 0.717) is 13.0 Å². The Hall–Kier alpha value is -2.08. The van der Waals surface area contributed by atoms with Gasteiger partial charge < -0.3 is 19.1 Å². The van der Waals surface area contributed by atoms with Crippen molar-refractivity contribution in [2.45, 2.75) is 45.4 Å². The molecular formula is C19H27NO5. The zero-order valence-corrected chi connectivity index (χ0v) is 15.4. The molecule has 0 aliphatic carbocycles. The number of nitrogens with zero attached hydrogens (tertiary/aromatic N) is 1. The molecule has 0 radical (unpaired) electrons. The summed E-state index contributed by atoms with van der Waals surface area (Å²) in [4.78, 5) is 26.3. The van der Waals surface area contributed by atoms with E-state index in [4.69, 9.17) is 14.2 Å². The molecule has 0 unspecified atom stereocenters. The molecule has 0 N–H and O–H groups in total. The highest BCUT2D eigenvalue weighted by Gasteiger charge is 2.41. The van der Waals surface area contributed by atoms with Crippen molar-refractivity contribution in [1.82, 2.24) is 4.90 Å². The van der Waals surface area contributed by atoms with Gasteiger partial charge in [-0.3, -0.25) is 4.79 Å². The van der Waals surface area contributed by atoms with Crippen molar-refractivity contribution in [2.24, 2.45) is 5.92 Å². The third-order valence-electron chi connectivity index (χ3n) is 3.96. The van der Waals surface area contributed by atoms with Gasteiger partial charge in [-0.2, -0.15) is 0 Å². The highest BCUT2D eigenvalue weighted by Crippen LogP contribution is 2.27. The molecule has 0 bridgehead atoms. The van der Waals surface area contributed by atoms with E-state index in [-0.39, 0.29) is 31.1 Å². The summed E-state index contributed by atoms with van der Waals surface area (Å²) in [6.45, 7) is 6.34. The quantitative estimate of drug-likeness (QED) is 0.765. The van der Waals surface area contributed by atoms with Crippen LogP contribution in [0.25, 0.3) is 0 Å². The Morgan fingerprint density at radius 1 is 1.20 bits per heavy atom. The van der Waals surface area contributed by atoms with Crippen molar-refractivity contribution in [2.75, 3.05) is 20.3 Å². The van der Waals surface area contributed by atoms with E-state index >= 15 is 0 Å². The van der Waals surface area contributed by atoms with Gasteiger partial charge in [-0.1, -0.05) is 30.3 Å². The number of rotatable bonds is 5. The Morgan fingerprint density at radius 3 is 2.48 bits per heavy atom. The second-order valence-corrected chi connectivity index (χ2v) is 7.27. The van der Waals surface area contributed by atoms with E-state index in [1.807, 2.05) is 51.1 Å². The van der Waals surface area contributed by atoms with Crippen molar-refractivity contribution < 1.29 is 23.8 Å². The Labute approximate surface area is 149 Å². The fourth-order valence-corrected chi connectivity index (χ4v) is 2.83. The Morgan fingerprint density at radius 2 is 1.88 bits per heavy atom. The SMILES string of the molecule is COC[C@H]1C[C@@H](C(=O)OCc2ccccc2)CN1C(=O)OC(C)(C)C. The molecule has 2 atom stereocenters. The summed E-state index contributed by atoms with van der Waals surface area (Å²) < 4.78 is 16.0. The van der Waals surface area contributed by atoms with Gasteiger partial charge in [0.2, 0.25) is 0 Å². The van der Waals surface area contributed by atoms with Crippen molar-refractivity contribution in [3.8, 4) is 0 Å². The minimum Gasteiger partial charge on any atom is -0.461 e. The molecule has 1 fully saturated rings. The average molecular weight is 349 g/mol. The lowest BCUT2D eigenvalue weighted by Crippen LogP contribution is -2.41. The molecule has 1 saturated heterocycles. The Kier molecular flexibility index (Phi) is 6.42. The summed E-state index contributed by atoms with van der Waals surface area (Å²) >= 11 is 0. The zero-order valence-electron chi connectivity index (χ0n) is 15.4. The predicted octanol–water partition coefficient (Wildman–Crippen LogP) is 3.00. The second-order valence-electron chi connectivity index (χ2n) is 7.27. The molecule has 0 aromatic heterocycles. The number of benzene rings is 1. The maximum absolute atomic E-state index is 12.4. The lowest BCUT2D eigenvalue weighted by Gasteiger charge is -2.28. The summed E-state index contributed by atoms with van der Waals surface area (Å²) in [5.74, 6) is -0.660. The van der Waals surface area contributed by atoms with E-state index < -0.39 is 11.7 Å². The van der Waals surface area contributed by atoms with Crippen LogP contribution >= 0.6 is 0 Å². The van der Waals surface area contributed by atoms with E-state index in [2.05, 4.69) is 0 Å². The highest BCUT2D eigenvalue weighted by atomic mass is 16.6. The topological polar surface area (TPSA) is 65.1 Å². The van der Waals surface area contributed by atoms with Crippen molar-refractivity contribution in [3.63, 3.8) is 0 Å². The van der Waals surface area contributed by atoms with Crippen LogP contribution in [-0.4, -0.2) is 48.9 Å². The number of hydrogen-bond donors (Lipinski definition) is 0. The van der Waals surface area contributed by atoms with Gasteiger partial charge in [0, 0.05) is 13.7 Å². The van der Waals surface area contributed by atoms with Crippen LogP contribution in [0, 0.1) is 5.92 Å². The number of methoxy groups -OCH3 is 1. The van der Waals surface area contributed by atoms with Crippen LogP contribution in [0.5, 0.6) is 0 Å². The van der Waals surface area contributed by atoms with Crippen LogP contribution in [0.3, 0.4) is 0 Å². The van der Waals surface area contributed by atoms with Gasteiger partial charge in [-0.15, -0.1) is 0 Å². The fourth-order valence-electron chi connectivity index (χ4n) is 2.83. The van der Waals surface area contributed by atoms with Crippen molar-refractivity contribution in [3.05, 3.63) is 35.9 Å². The van der Waals surface area contributed by atoms with Crippen LogP contribution in [0.1, 0.15) is 32.8 Å². The third-order valence-corrected chi connectivity index (χ3v) is 3.96. The minimum atomic E-state index is -0.583. The molecule has 1 aliphatic heterocycles. The number of likely N-dealkylation sites (tertiary alicyclic amines) is 1. The normalized spacial score (nSPS) is 20.4. The molecule has 25 heavy (non-hydrogen) atoms. The van der Waals surface area contributed by atoms with Crippen LogP contribution in [0.15, 0.2) is 30.3 Å². The Bertz CT molecular complexity index is 581. The third kappa shape index (κ3) is 5.74. The van der Waals surface area contributed by atoms with E-state index in [9.17, 15) is 9.59 Å². The van der Waals surface area contributed by atoms with E-state index in [1.165, 1.54) is 0 Å². The summed E-state index contributed by atoms with van der Waals surface area (Å²) in [7, 11) is 1.58. The van der Waals surface area contributed by atoms with Gasteiger partial charge >= 0.3 is 12.1 Å². The first-order chi connectivity index (χ1) is 11.8. The lowest BCUT2D eigenvalue weighted by atomic mass is 10.1. The number of ether oxygens (including phenoxy) is 3. The molecule has 1 heterocycles. The van der Waals surface area contributed by atoms with Gasteiger partial charge in [0.25, 0.3) is 0 Å².